The molecule has 120 valence electrons. The minimum absolute atomic E-state index is 0.128. The third-order valence-electron chi connectivity index (χ3n) is 4.35. The second-order valence-electron chi connectivity index (χ2n) is 6.13. The smallest absolute Gasteiger partial charge is 0.254 e. The maximum Gasteiger partial charge on any atom is 0.254 e. The fourth-order valence-electron chi connectivity index (χ4n) is 3.10. The third-order valence-corrected chi connectivity index (χ3v) is 4.35. The largest absolute Gasteiger partial charge is 0.368 e. The van der Waals surface area contributed by atoms with Gasteiger partial charge in [0.2, 0.25) is 0 Å². The van der Waals surface area contributed by atoms with E-state index in [9.17, 15) is 4.79 Å². The molecular formula is C16H24N4O2. The van der Waals surface area contributed by atoms with Crippen LogP contribution in [0.3, 0.4) is 0 Å². The molecule has 2 N–H and O–H groups in total. The van der Waals surface area contributed by atoms with Gasteiger partial charge in [-0.2, -0.15) is 0 Å². The Hall–Kier alpha value is -1.69. The number of aromatic nitrogens is 2. The van der Waals surface area contributed by atoms with E-state index in [0.29, 0.717) is 18.5 Å². The Morgan fingerprint density at radius 1 is 1.00 bits per heavy atom. The summed E-state index contributed by atoms with van der Waals surface area (Å²) >= 11 is 0. The molecule has 1 amide bonds. The second-order valence-corrected chi connectivity index (χ2v) is 6.13. The minimum atomic E-state index is -0.342. The van der Waals surface area contributed by atoms with Crippen LogP contribution in [-0.2, 0) is 9.53 Å². The summed E-state index contributed by atoms with van der Waals surface area (Å²) in [5, 5.41) is 14.5. The van der Waals surface area contributed by atoms with Crippen LogP contribution < -0.4 is 10.6 Å². The van der Waals surface area contributed by atoms with Gasteiger partial charge in [0.25, 0.3) is 5.91 Å². The average Bonchev–Trinajstić information content (AvgIpc) is 2.95. The maximum absolute atomic E-state index is 11.9. The van der Waals surface area contributed by atoms with E-state index in [-0.39, 0.29) is 12.0 Å². The number of hydrogen-bond acceptors (Lipinski definition) is 5. The number of rotatable bonds is 4. The van der Waals surface area contributed by atoms with Gasteiger partial charge < -0.3 is 15.4 Å². The molecule has 1 aromatic rings. The summed E-state index contributed by atoms with van der Waals surface area (Å²) in [6.45, 7) is 0.661. The SMILES string of the molecule is O=C(Nc1ccc(NC2CCCCCC2)nn1)C1CCCO1. The first-order valence-electron chi connectivity index (χ1n) is 8.34. The van der Waals surface area contributed by atoms with Gasteiger partial charge in [-0.25, -0.2) is 0 Å². The van der Waals surface area contributed by atoms with Gasteiger partial charge in [0.1, 0.15) is 11.9 Å². The van der Waals surface area contributed by atoms with Crippen molar-refractivity contribution >= 4 is 17.5 Å². The van der Waals surface area contributed by atoms with Crippen LogP contribution in [0.5, 0.6) is 0 Å². The quantitative estimate of drug-likeness (QED) is 0.836. The Labute approximate surface area is 131 Å². The molecule has 6 nitrogen and oxygen atoms in total. The molecule has 1 unspecified atom stereocenters. The third kappa shape index (κ3) is 4.16. The standard InChI is InChI=1S/C16H24N4O2/c21-16(13-8-5-11-22-13)18-15-10-9-14(19-20-15)17-12-6-3-1-2-4-7-12/h9-10,12-13H,1-8,11H2,(H,17,19)(H,18,20,21). The first kappa shape index (κ1) is 15.2. The first-order chi connectivity index (χ1) is 10.8. The van der Waals surface area contributed by atoms with Crippen molar-refractivity contribution in [3.8, 4) is 0 Å². The fraction of sp³-hybridized carbons (Fsp3) is 0.688. The molecule has 22 heavy (non-hydrogen) atoms. The summed E-state index contributed by atoms with van der Waals surface area (Å²) in [6, 6.07) is 4.16. The molecule has 0 bridgehead atoms. The van der Waals surface area contributed by atoms with Crippen LogP contribution in [0.4, 0.5) is 11.6 Å². The summed E-state index contributed by atoms with van der Waals surface area (Å²) in [7, 11) is 0. The monoisotopic (exact) mass is 304 g/mol. The molecule has 0 spiro atoms. The van der Waals surface area contributed by atoms with E-state index in [1.807, 2.05) is 6.07 Å². The lowest BCUT2D eigenvalue weighted by Crippen LogP contribution is -2.27. The number of carbonyl (C=O) groups is 1. The highest BCUT2D eigenvalue weighted by Crippen LogP contribution is 2.20. The lowest BCUT2D eigenvalue weighted by Gasteiger charge is -2.16. The number of amides is 1. The van der Waals surface area contributed by atoms with Crippen molar-refractivity contribution in [3.05, 3.63) is 12.1 Å². The molecule has 0 radical (unpaired) electrons. The van der Waals surface area contributed by atoms with Gasteiger partial charge in [0.05, 0.1) is 0 Å². The molecule has 1 aliphatic heterocycles. The molecule has 1 atom stereocenters. The highest BCUT2D eigenvalue weighted by molar-refractivity contribution is 5.93. The Kier molecular flexibility index (Phi) is 5.21. The Bertz CT molecular complexity index is 477. The Balaban J connectivity index is 1.52. The van der Waals surface area contributed by atoms with Crippen LogP contribution in [0.25, 0.3) is 0 Å². The highest BCUT2D eigenvalue weighted by Gasteiger charge is 2.23. The molecule has 1 saturated heterocycles. The maximum atomic E-state index is 11.9. The van der Waals surface area contributed by atoms with Crippen molar-refractivity contribution in [1.82, 2.24) is 10.2 Å². The topological polar surface area (TPSA) is 76.1 Å². The number of hydrogen-bond donors (Lipinski definition) is 2. The van der Waals surface area contributed by atoms with Crippen LogP contribution in [-0.4, -0.2) is 34.9 Å². The zero-order chi connectivity index (χ0) is 15.2. The second kappa shape index (κ2) is 7.54. The zero-order valence-electron chi connectivity index (χ0n) is 12.9. The van der Waals surface area contributed by atoms with Crippen LogP contribution in [0, 0.1) is 0 Å². The van der Waals surface area contributed by atoms with E-state index in [0.717, 1.165) is 18.7 Å². The van der Waals surface area contributed by atoms with Crippen LogP contribution >= 0.6 is 0 Å². The summed E-state index contributed by atoms with van der Waals surface area (Å²) < 4.78 is 5.35. The number of ether oxygens (including phenoxy) is 1. The summed E-state index contributed by atoms with van der Waals surface area (Å²) in [6.07, 6.45) is 8.98. The lowest BCUT2D eigenvalue weighted by molar-refractivity contribution is -0.124. The van der Waals surface area contributed by atoms with Crippen LogP contribution in [0.1, 0.15) is 51.4 Å². The van der Waals surface area contributed by atoms with Crippen molar-refractivity contribution in [1.29, 1.82) is 0 Å². The van der Waals surface area contributed by atoms with E-state index in [1.54, 1.807) is 6.07 Å². The average molecular weight is 304 g/mol. The summed E-state index contributed by atoms with van der Waals surface area (Å²) in [4.78, 5) is 11.9. The molecule has 0 aromatic carbocycles. The van der Waals surface area contributed by atoms with Crippen LogP contribution in [0.2, 0.25) is 0 Å². The van der Waals surface area contributed by atoms with Crippen molar-refractivity contribution in [3.63, 3.8) is 0 Å². The van der Waals surface area contributed by atoms with E-state index in [2.05, 4.69) is 20.8 Å². The molecule has 2 heterocycles. The van der Waals surface area contributed by atoms with Gasteiger partial charge in [-0.3, -0.25) is 4.79 Å². The molecule has 1 aromatic heterocycles. The number of nitrogens with one attached hydrogen (secondary N) is 2. The van der Waals surface area contributed by atoms with E-state index >= 15 is 0 Å². The molecule has 2 aliphatic rings. The van der Waals surface area contributed by atoms with Gasteiger partial charge in [0, 0.05) is 12.6 Å². The minimum Gasteiger partial charge on any atom is -0.368 e. The molecule has 3 rings (SSSR count). The molecule has 6 heteroatoms. The van der Waals surface area contributed by atoms with E-state index < -0.39 is 0 Å². The predicted octanol–water partition coefficient (Wildman–Crippen LogP) is 2.73. The van der Waals surface area contributed by atoms with Crippen molar-refractivity contribution in [2.45, 2.75) is 63.5 Å². The normalized spacial score (nSPS) is 23.0. The van der Waals surface area contributed by atoms with Gasteiger partial charge in [-0.05, 0) is 37.8 Å². The lowest BCUT2D eigenvalue weighted by atomic mass is 10.1. The van der Waals surface area contributed by atoms with Crippen molar-refractivity contribution < 1.29 is 9.53 Å². The molecule has 2 fully saturated rings. The fourth-order valence-corrected chi connectivity index (χ4v) is 3.10. The number of anilines is 2. The van der Waals surface area contributed by atoms with Crippen molar-refractivity contribution in [2.24, 2.45) is 0 Å². The zero-order valence-corrected chi connectivity index (χ0v) is 12.9. The van der Waals surface area contributed by atoms with Crippen molar-refractivity contribution in [2.75, 3.05) is 17.2 Å². The van der Waals surface area contributed by atoms with E-state index in [1.165, 1.54) is 38.5 Å². The highest BCUT2D eigenvalue weighted by atomic mass is 16.5. The molecular weight excluding hydrogens is 280 g/mol. The van der Waals surface area contributed by atoms with Crippen LogP contribution in [0.15, 0.2) is 12.1 Å². The molecule has 1 aliphatic carbocycles. The van der Waals surface area contributed by atoms with Gasteiger partial charge in [-0.1, -0.05) is 25.7 Å². The predicted molar refractivity (Wildman–Crippen MR) is 84.7 cm³/mol. The summed E-state index contributed by atoms with van der Waals surface area (Å²) in [5.74, 6) is 1.13. The number of nitrogens with zero attached hydrogens (tertiary/aromatic N) is 2. The number of carbonyl (C=O) groups excluding carboxylic acids is 1. The van der Waals surface area contributed by atoms with Gasteiger partial charge in [-0.15, -0.1) is 10.2 Å². The molecule has 1 saturated carbocycles. The van der Waals surface area contributed by atoms with Gasteiger partial charge in [0.15, 0.2) is 5.82 Å². The Morgan fingerprint density at radius 3 is 2.36 bits per heavy atom. The van der Waals surface area contributed by atoms with E-state index in [4.69, 9.17) is 4.74 Å². The first-order valence-corrected chi connectivity index (χ1v) is 8.34. The van der Waals surface area contributed by atoms with Gasteiger partial charge >= 0.3 is 0 Å². The summed E-state index contributed by atoms with van der Waals surface area (Å²) in [5.41, 5.74) is 0. The Morgan fingerprint density at radius 2 is 1.73 bits per heavy atom.